The van der Waals surface area contributed by atoms with Gasteiger partial charge in [-0.05, 0) is 17.7 Å². The first-order valence-electron chi connectivity index (χ1n) is 9.16. The number of nitro groups is 1. The van der Waals surface area contributed by atoms with E-state index >= 15 is 0 Å². The number of carbonyl (C=O) groups is 2. The summed E-state index contributed by atoms with van der Waals surface area (Å²) in [6, 6.07) is 12.7. The second kappa shape index (κ2) is 9.47. The normalized spacial score (nSPS) is 10.7. The molecule has 1 aromatic heterocycles. The molecule has 0 fully saturated rings. The molecule has 32 heavy (non-hydrogen) atoms. The van der Waals surface area contributed by atoms with E-state index in [-0.39, 0.29) is 16.8 Å². The van der Waals surface area contributed by atoms with Gasteiger partial charge in [0.2, 0.25) is 5.43 Å². The Labute approximate surface area is 181 Å². The van der Waals surface area contributed by atoms with E-state index < -0.39 is 22.3 Å². The highest BCUT2D eigenvalue weighted by Gasteiger charge is 2.21. The topological polar surface area (TPSA) is 130 Å². The molecule has 0 bridgehead atoms. The molecule has 3 rings (SSSR count). The van der Waals surface area contributed by atoms with Gasteiger partial charge in [0, 0.05) is 30.7 Å². The van der Waals surface area contributed by atoms with E-state index in [1.165, 1.54) is 35.3 Å². The Morgan fingerprint density at radius 1 is 1.00 bits per heavy atom. The standard InChI is InChI=1S/C22H17N3O7/c1-31-21(27)16-12-24(13-17(20(16)26)22(28)32-2)19-9-4-3-8-18(19)23-11-14-6-5-7-15(10-14)25(29)30/h3-13H,1-2H3. The van der Waals surface area contributed by atoms with Gasteiger partial charge in [-0.15, -0.1) is 0 Å². The fourth-order valence-corrected chi connectivity index (χ4v) is 2.88. The fraction of sp³-hybridized carbons (Fsp3) is 0.0909. The van der Waals surface area contributed by atoms with Crippen LogP contribution in [0.1, 0.15) is 26.3 Å². The van der Waals surface area contributed by atoms with E-state index in [0.717, 1.165) is 14.2 Å². The third-order valence-corrected chi connectivity index (χ3v) is 4.43. The smallest absolute Gasteiger partial charge is 0.343 e. The van der Waals surface area contributed by atoms with Crippen molar-refractivity contribution < 1.29 is 24.0 Å². The number of methoxy groups -OCH3 is 2. The molecular weight excluding hydrogens is 418 g/mol. The summed E-state index contributed by atoms with van der Waals surface area (Å²) in [5.41, 5.74) is -0.260. The number of ether oxygens (including phenoxy) is 2. The Bertz CT molecular complexity index is 1250. The van der Waals surface area contributed by atoms with Crippen LogP contribution < -0.4 is 5.43 Å². The summed E-state index contributed by atoms with van der Waals surface area (Å²) >= 11 is 0. The van der Waals surface area contributed by atoms with Crippen LogP contribution in [0.15, 0.2) is 70.7 Å². The summed E-state index contributed by atoms with van der Waals surface area (Å²) in [7, 11) is 2.24. The van der Waals surface area contributed by atoms with E-state index in [9.17, 15) is 24.5 Å². The monoisotopic (exact) mass is 435 g/mol. The average Bonchev–Trinajstić information content (AvgIpc) is 2.82. The van der Waals surface area contributed by atoms with Crippen molar-refractivity contribution in [2.24, 2.45) is 4.99 Å². The molecule has 10 heteroatoms. The third-order valence-electron chi connectivity index (χ3n) is 4.43. The predicted octanol–water partition coefficient (Wildman–Crippen LogP) is 3.07. The molecule has 0 aliphatic heterocycles. The number of non-ortho nitro benzene ring substituents is 1. The van der Waals surface area contributed by atoms with Gasteiger partial charge in [0.25, 0.3) is 5.69 Å². The minimum absolute atomic E-state index is 0.0758. The number of hydrogen-bond donors (Lipinski definition) is 0. The molecular formula is C22H17N3O7. The lowest BCUT2D eigenvalue weighted by Gasteiger charge is -2.12. The highest BCUT2D eigenvalue weighted by Crippen LogP contribution is 2.24. The largest absolute Gasteiger partial charge is 0.465 e. The van der Waals surface area contributed by atoms with Crippen LogP contribution in [0.3, 0.4) is 0 Å². The zero-order chi connectivity index (χ0) is 23.3. The maximum atomic E-state index is 12.5. The minimum Gasteiger partial charge on any atom is -0.465 e. The summed E-state index contributed by atoms with van der Waals surface area (Å²) in [6.07, 6.45) is 3.92. The molecule has 0 aliphatic rings. The van der Waals surface area contributed by atoms with Crippen LogP contribution in [0, 0.1) is 10.1 Å². The van der Waals surface area contributed by atoms with Crippen LogP contribution in [0.25, 0.3) is 5.69 Å². The molecule has 0 saturated heterocycles. The van der Waals surface area contributed by atoms with Gasteiger partial charge in [-0.3, -0.25) is 19.9 Å². The zero-order valence-electron chi connectivity index (χ0n) is 17.1. The van der Waals surface area contributed by atoms with E-state index in [2.05, 4.69) is 14.5 Å². The molecule has 0 atom stereocenters. The minimum atomic E-state index is -0.910. The maximum absolute atomic E-state index is 12.5. The molecule has 162 valence electrons. The van der Waals surface area contributed by atoms with E-state index in [4.69, 9.17) is 0 Å². The highest BCUT2D eigenvalue weighted by molar-refractivity contribution is 5.95. The van der Waals surface area contributed by atoms with Gasteiger partial charge in [-0.1, -0.05) is 24.3 Å². The maximum Gasteiger partial charge on any atom is 0.343 e. The fourth-order valence-electron chi connectivity index (χ4n) is 2.88. The zero-order valence-corrected chi connectivity index (χ0v) is 17.1. The number of aliphatic imine (C=N–C) groups is 1. The number of para-hydroxylation sites is 2. The highest BCUT2D eigenvalue weighted by atomic mass is 16.6. The van der Waals surface area contributed by atoms with Gasteiger partial charge >= 0.3 is 11.9 Å². The van der Waals surface area contributed by atoms with Crippen molar-refractivity contribution in [3.8, 4) is 5.69 Å². The molecule has 3 aromatic rings. The van der Waals surface area contributed by atoms with Crippen LogP contribution in [0.2, 0.25) is 0 Å². The lowest BCUT2D eigenvalue weighted by atomic mass is 10.1. The second-order valence-electron chi connectivity index (χ2n) is 6.40. The Morgan fingerprint density at radius 2 is 1.62 bits per heavy atom. The van der Waals surface area contributed by atoms with Crippen LogP contribution in [-0.2, 0) is 9.47 Å². The summed E-state index contributed by atoms with van der Waals surface area (Å²) < 4.78 is 10.7. The van der Waals surface area contributed by atoms with Crippen LogP contribution >= 0.6 is 0 Å². The summed E-state index contributed by atoms with van der Waals surface area (Å²) in [6.45, 7) is 0. The summed E-state index contributed by atoms with van der Waals surface area (Å²) in [4.78, 5) is 51.6. The number of rotatable bonds is 6. The van der Waals surface area contributed by atoms with Gasteiger partial charge < -0.3 is 14.0 Å². The van der Waals surface area contributed by atoms with Crippen LogP contribution in [0.5, 0.6) is 0 Å². The molecule has 0 amide bonds. The number of hydrogen-bond acceptors (Lipinski definition) is 8. The Morgan fingerprint density at radius 3 is 2.22 bits per heavy atom. The SMILES string of the molecule is COC(=O)c1cn(-c2ccccc2N=Cc2cccc([N+](=O)[O-])c2)cc(C(=O)OC)c1=O. The van der Waals surface area contributed by atoms with Crippen LogP contribution in [0.4, 0.5) is 11.4 Å². The van der Waals surface area contributed by atoms with E-state index in [1.54, 1.807) is 36.4 Å². The number of nitrogens with zero attached hydrogens (tertiary/aromatic N) is 3. The van der Waals surface area contributed by atoms with Gasteiger partial charge in [-0.25, -0.2) is 9.59 Å². The molecule has 0 unspecified atom stereocenters. The first kappa shape index (κ1) is 22.1. The van der Waals surface area contributed by atoms with Crippen molar-refractivity contribution in [1.29, 1.82) is 0 Å². The molecule has 0 saturated carbocycles. The number of carbonyl (C=O) groups excluding carboxylic acids is 2. The summed E-state index contributed by atoms with van der Waals surface area (Å²) in [5.74, 6) is -1.82. The number of nitro benzene ring substituents is 1. The van der Waals surface area contributed by atoms with Gasteiger partial charge in [0.05, 0.1) is 30.5 Å². The van der Waals surface area contributed by atoms with Gasteiger partial charge in [0.1, 0.15) is 11.1 Å². The number of pyridine rings is 1. The first-order valence-corrected chi connectivity index (χ1v) is 9.16. The summed E-state index contributed by atoms with van der Waals surface area (Å²) in [5, 5.41) is 11.0. The van der Waals surface area contributed by atoms with Crippen molar-refractivity contribution in [3.05, 3.63) is 98.0 Å². The molecule has 0 spiro atoms. The van der Waals surface area contributed by atoms with Crippen molar-refractivity contribution in [2.75, 3.05) is 14.2 Å². The van der Waals surface area contributed by atoms with Gasteiger partial charge in [0.15, 0.2) is 0 Å². The molecule has 10 nitrogen and oxygen atoms in total. The van der Waals surface area contributed by atoms with E-state index in [0.29, 0.717) is 16.9 Å². The molecule has 0 N–H and O–H groups in total. The number of benzene rings is 2. The molecule has 0 radical (unpaired) electrons. The third kappa shape index (κ3) is 4.59. The lowest BCUT2D eigenvalue weighted by molar-refractivity contribution is -0.384. The average molecular weight is 435 g/mol. The van der Waals surface area contributed by atoms with Crippen molar-refractivity contribution in [2.45, 2.75) is 0 Å². The quantitative estimate of drug-likeness (QED) is 0.252. The Hall–Kier alpha value is -4.60. The Kier molecular flexibility index (Phi) is 6.54. The lowest BCUT2D eigenvalue weighted by Crippen LogP contribution is -2.25. The van der Waals surface area contributed by atoms with Crippen LogP contribution in [-0.4, -0.2) is 41.9 Å². The van der Waals surface area contributed by atoms with E-state index in [1.807, 2.05) is 0 Å². The van der Waals surface area contributed by atoms with Crippen molar-refractivity contribution >= 4 is 29.5 Å². The number of aromatic nitrogens is 1. The molecule has 0 aliphatic carbocycles. The first-order chi connectivity index (χ1) is 15.3. The molecule has 1 heterocycles. The number of esters is 2. The van der Waals surface area contributed by atoms with Crippen molar-refractivity contribution in [3.63, 3.8) is 0 Å². The molecule has 2 aromatic carbocycles. The van der Waals surface area contributed by atoms with Crippen molar-refractivity contribution in [1.82, 2.24) is 4.57 Å². The predicted molar refractivity (Wildman–Crippen MR) is 115 cm³/mol. The Balaban J connectivity index is 2.13. The van der Waals surface area contributed by atoms with Gasteiger partial charge in [-0.2, -0.15) is 0 Å². The second-order valence-corrected chi connectivity index (χ2v) is 6.40.